The van der Waals surface area contributed by atoms with Crippen molar-refractivity contribution in [3.05, 3.63) is 0 Å². The second kappa shape index (κ2) is 6.55. The van der Waals surface area contributed by atoms with Crippen LogP contribution >= 0.6 is 0 Å². The SMILES string of the molecule is CC1CC(N)C(CC(O)CCCN)C(N)C1. The minimum atomic E-state index is -0.293. The summed E-state index contributed by atoms with van der Waals surface area (Å²) in [5.41, 5.74) is 17.7. The number of hydrogen-bond acceptors (Lipinski definition) is 4. The van der Waals surface area contributed by atoms with Crippen LogP contribution in [0.3, 0.4) is 0 Å². The van der Waals surface area contributed by atoms with E-state index in [-0.39, 0.29) is 24.1 Å². The third-order valence-corrected chi connectivity index (χ3v) is 3.73. The van der Waals surface area contributed by atoms with Gasteiger partial charge in [0.25, 0.3) is 0 Å². The van der Waals surface area contributed by atoms with Gasteiger partial charge in [-0.1, -0.05) is 6.92 Å². The largest absolute Gasteiger partial charge is 0.393 e. The lowest BCUT2D eigenvalue weighted by Gasteiger charge is -2.38. The fourth-order valence-electron chi connectivity index (χ4n) is 2.83. The molecule has 1 fully saturated rings. The summed E-state index contributed by atoms with van der Waals surface area (Å²) in [4.78, 5) is 0. The summed E-state index contributed by atoms with van der Waals surface area (Å²) >= 11 is 0. The van der Waals surface area contributed by atoms with E-state index < -0.39 is 0 Å². The number of hydrogen-bond donors (Lipinski definition) is 4. The summed E-state index contributed by atoms with van der Waals surface area (Å²) in [5, 5.41) is 9.87. The van der Waals surface area contributed by atoms with Gasteiger partial charge in [0.1, 0.15) is 0 Å². The van der Waals surface area contributed by atoms with Crippen LogP contribution in [0.4, 0.5) is 0 Å². The molecule has 0 bridgehead atoms. The van der Waals surface area contributed by atoms with Crippen molar-refractivity contribution in [2.24, 2.45) is 29.0 Å². The second-order valence-electron chi connectivity index (χ2n) is 5.39. The van der Waals surface area contributed by atoms with Crippen LogP contribution in [0.2, 0.25) is 0 Å². The molecule has 0 saturated heterocycles. The summed E-state index contributed by atoms with van der Waals surface area (Å²) in [5.74, 6) is 0.881. The highest BCUT2D eigenvalue weighted by Crippen LogP contribution is 2.30. The highest BCUT2D eigenvalue weighted by molar-refractivity contribution is 4.90. The molecule has 4 nitrogen and oxygen atoms in total. The van der Waals surface area contributed by atoms with Crippen LogP contribution < -0.4 is 17.2 Å². The van der Waals surface area contributed by atoms with Crippen LogP contribution in [0.1, 0.15) is 39.0 Å². The second-order valence-corrected chi connectivity index (χ2v) is 5.39. The first kappa shape index (κ1) is 13.9. The van der Waals surface area contributed by atoms with E-state index in [2.05, 4.69) is 6.92 Å². The zero-order valence-electron chi connectivity index (χ0n) is 10.3. The van der Waals surface area contributed by atoms with Crippen LogP contribution in [0.15, 0.2) is 0 Å². The number of aliphatic hydroxyl groups excluding tert-OH is 1. The maximum absolute atomic E-state index is 9.87. The summed E-state index contributed by atoms with van der Waals surface area (Å²) in [6, 6.07) is 0.289. The quantitative estimate of drug-likeness (QED) is 0.540. The predicted molar refractivity (Wildman–Crippen MR) is 66.8 cm³/mol. The molecule has 1 aliphatic carbocycles. The summed E-state index contributed by atoms with van der Waals surface area (Å²) in [6.07, 6.45) is 4.13. The average molecular weight is 229 g/mol. The first-order valence-electron chi connectivity index (χ1n) is 6.43. The van der Waals surface area contributed by atoms with Gasteiger partial charge in [-0.15, -0.1) is 0 Å². The number of nitrogens with two attached hydrogens (primary N) is 3. The Bertz CT molecular complexity index is 189. The van der Waals surface area contributed by atoms with Gasteiger partial charge in [0.15, 0.2) is 0 Å². The Morgan fingerprint density at radius 1 is 1.25 bits per heavy atom. The van der Waals surface area contributed by atoms with Crippen LogP contribution in [-0.4, -0.2) is 29.8 Å². The molecule has 0 radical (unpaired) electrons. The maximum Gasteiger partial charge on any atom is 0.0544 e. The van der Waals surface area contributed by atoms with Crippen molar-refractivity contribution >= 4 is 0 Å². The van der Waals surface area contributed by atoms with E-state index in [0.717, 1.165) is 32.1 Å². The van der Waals surface area contributed by atoms with Crippen molar-refractivity contribution in [1.82, 2.24) is 0 Å². The monoisotopic (exact) mass is 229 g/mol. The van der Waals surface area contributed by atoms with Gasteiger partial charge in [0.2, 0.25) is 0 Å². The standard InChI is InChI=1S/C12H27N3O/c1-8-5-11(14)10(12(15)6-8)7-9(16)3-2-4-13/h8-12,16H,2-7,13-15H2,1H3. The van der Waals surface area contributed by atoms with Gasteiger partial charge in [-0.2, -0.15) is 0 Å². The molecule has 1 aliphatic rings. The lowest BCUT2D eigenvalue weighted by molar-refractivity contribution is 0.0960. The van der Waals surface area contributed by atoms with Gasteiger partial charge in [0, 0.05) is 12.1 Å². The van der Waals surface area contributed by atoms with E-state index in [1.54, 1.807) is 0 Å². The Morgan fingerprint density at radius 2 is 1.81 bits per heavy atom. The number of aliphatic hydroxyl groups is 1. The molecule has 0 amide bonds. The van der Waals surface area contributed by atoms with Gasteiger partial charge >= 0.3 is 0 Å². The van der Waals surface area contributed by atoms with Gasteiger partial charge in [-0.3, -0.25) is 0 Å². The highest BCUT2D eigenvalue weighted by Gasteiger charge is 2.33. The Hall–Kier alpha value is -0.160. The van der Waals surface area contributed by atoms with Gasteiger partial charge in [-0.05, 0) is 50.5 Å². The van der Waals surface area contributed by atoms with E-state index in [4.69, 9.17) is 17.2 Å². The van der Waals surface area contributed by atoms with Crippen molar-refractivity contribution in [2.45, 2.75) is 57.2 Å². The highest BCUT2D eigenvalue weighted by atomic mass is 16.3. The molecule has 0 aliphatic heterocycles. The van der Waals surface area contributed by atoms with Crippen LogP contribution in [-0.2, 0) is 0 Å². The molecular formula is C12H27N3O. The molecule has 96 valence electrons. The average Bonchev–Trinajstić information content (AvgIpc) is 2.20. The molecule has 0 heterocycles. The fraction of sp³-hybridized carbons (Fsp3) is 1.00. The molecule has 4 heteroatoms. The third-order valence-electron chi connectivity index (χ3n) is 3.73. The van der Waals surface area contributed by atoms with E-state index in [1.807, 2.05) is 0 Å². The zero-order chi connectivity index (χ0) is 12.1. The molecule has 0 aromatic heterocycles. The van der Waals surface area contributed by atoms with Crippen molar-refractivity contribution in [2.75, 3.05) is 6.54 Å². The van der Waals surface area contributed by atoms with Gasteiger partial charge < -0.3 is 22.3 Å². The lowest BCUT2D eigenvalue weighted by atomic mass is 9.73. The van der Waals surface area contributed by atoms with Crippen LogP contribution in [0, 0.1) is 11.8 Å². The molecule has 7 N–H and O–H groups in total. The first-order valence-corrected chi connectivity index (χ1v) is 6.43. The molecule has 16 heavy (non-hydrogen) atoms. The predicted octanol–water partition coefficient (Wildman–Crippen LogP) is 0.177. The summed E-state index contributed by atoms with van der Waals surface area (Å²) in [7, 11) is 0. The molecule has 1 rings (SSSR count). The Kier molecular flexibility index (Phi) is 5.69. The molecule has 3 atom stereocenters. The van der Waals surface area contributed by atoms with Gasteiger partial charge in [0.05, 0.1) is 6.10 Å². The smallest absolute Gasteiger partial charge is 0.0544 e. The minimum Gasteiger partial charge on any atom is -0.393 e. The fourth-order valence-corrected chi connectivity index (χ4v) is 2.83. The number of rotatable bonds is 5. The van der Waals surface area contributed by atoms with Crippen molar-refractivity contribution in [3.8, 4) is 0 Å². The van der Waals surface area contributed by atoms with Crippen molar-refractivity contribution in [3.63, 3.8) is 0 Å². The normalized spacial score (nSPS) is 37.3. The van der Waals surface area contributed by atoms with E-state index >= 15 is 0 Å². The first-order chi connectivity index (χ1) is 7.54. The van der Waals surface area contributed by atoms with Gasteiger partial charge in [-0.25, -0.2) is 0 Å². The molecule has 3 unspecified atom stereocenters. The Labute approximate surface area is 98.6 Å². The molecular weight excluding hydrogens is 202 g/mol. The van der Waals surface area contributed by atoms with E-state index in [1.165, 1.54) is 0 Å². The van der Waals surface area contributed by atoms with E-state index in [9.17, 15) is 5.11 Å². The zero-order valence-corrected chi connectivity index (χ0v) is 10.3. The maximum atomic E-state index is 9.87. The summed E-state index contributed by atoms with van der Waals surface area (Å²) < 4.78 is 0. The lowest BCUT2D eigenvalue weighted by Crippen LogP contribution is -2.49. The Morgan fingerprint density at radius 3 is 2.31 bits per heavy atom. The summed E-state index contributed by atoms with van der Waals surface area (Å²) in [6.45, 7) is 2.83. The topological polar surface area (TPSA) is 98.3 Å². The Balaban J connectivity index is 2.39. The van der Waals surface area contributed by atoms with Crippen LogP contribution in [0.5, 0.6) is 0 Å². The molecule has 0 spiro atoms. The van der Waals surface area contributed by atoms with Crippen LogP contribution in [0.25, 0.3) is 0 Å². The van der Waals surface area contributed by atoms with Crippen molar-refractivity contribution in [1.29, 1.82) is 0 Å². The van der Waals surface area contributed by atoms with E-state index in [0.29, 0.717) is 12.5 Å². The van der Waals surface area contributed by atoms with Crippen molar-refractivity contribution < 1.29 is 5.11 Å². The molecule has 0 aromatic rings. The molecule has 1 saturated carbocycles. The molecule has 0 aromatic carbocycles. The minimum absolute atomic E-state index is 0.145. The third kappa shape index (κ3) is 4.01.